The van der Waals surface area contributed by atoms with Crippen LogP contribution in [-0.4, -0.2) is 40.4 Å². The van der Waals surface area contributed by atoms with Crippen molar-refractivity contribution >= 4 is 39.3 Å². The van der Waals surface area contributed by atoms with Crippen LogP contribution in [0.4, 0.5) is 4.39 Å². The zero-order chi connectivity index (χ0) is 18.0. The number of hydrogen-bond acceptors (Lipinski definition) is 4. The molecular formula is C18H17BrClFN2O2. The van der Waals surface area contributed by atoms with E-state index >= 15 is 0 Å². The fraction of sp³-hybridized carbons (Fsp3) is 0.278. The highest BCUT2D eigenvalue weighted by Gasteiger charge is 2.34. The molecule has 0 bridgehead atoms. The summed E-state index contributed by atoms with van der Waals surface area (Å²) in [6, 6.07) is 6.34. The minimum atomic E-state index is -0.285. The van der Waals surface area contributed by atoms with E-state index in [9.17, 15) is 9.18 Å². The SMILES string of the molecule is CCOC(=O)CN1CC(c2ccc(F)cc2)=C2C1=CC=C(CCl)N2Br. The number of rotatable bonds is 5. The van der Waals surface area contributed by atoms with Gasteiger partial charge in [0.25, 0.3) is 0 Å². The van der Waals surface area contributed by atoms with Crippen LogP contribution in [-0.2, 0) is 9.53 Å². The second-order valence-corrected chi connectivity index (χ2v) is 6.60. The zero-order valence-corrected chi connectivity index (χ0v) is 16.0. The Morgan fingerprint density at radius 1 is 1.32 bits per heavy atom. The lowest BCUT2D eigenvalue weighted by atomic mass is 10.0. The summed E-state index contributed by atoms with van der Waals surface area (Å²) in [5.41, 5.74) is 4.59. The number of halogens is 3. The van der Waals surface area contributed by atoms with E-state index in [1.807, 2.05) is 21.0 Å². The van der Waals surface area contributed by atoms with Crippen molar-refractivity contribution in [2.75, 3.05) is 25.6 Å². The summed E-state index contributed by atoms with van der Waals surface area (Å²) in [6.07, 6.45) is 3.85. The van der Waals surface area contributed by atoms with E-state index in [0.29, 0.717) is 19.0 Å². The number of carbonyl (C=O) groups excluding carboxylic acids is 1. The minimum Gasteiger partial charge on any atom is -0.465 e. The first-order valence-corrected chi connectivity index (χ1v) is 9.12. The maximum Gasteiger partial charge on any atom is 0.325 e. The predicted molar refractivity (Wildman–Crippen MR) is 99.2 cm³/mol. The van der Waals surface area contributed by atoms with E-state index in [1.54, 1.807) is 19.1 Å². The van der Waals surface area contributed by atoms with Crippen molar-refractivity contribution in [3.05, 3.63) is 64.9 Å². The molecule has 0 radical (unpaired) electrons. The number of benzene rings is 1. The van der Waals surface area contributed by atoms with Crippen LogP contribution in [0.1, 0.15) is 12.5 Å². The molecule has 0 amide bonds. The Bertz CT molecular complexity index is 774. The number of allylic oxidation sites excluding steroid dienone is 3. The average molecular weight is 428 g/mol. The van der Waals surface area contributed by atoms with E-state index in [4.69, 9.17) is 16.3 Å². The molecule has 0 saturated carbocycles. The molecule has 1 aromatic carbocycles. The highest BCUT2D eigenvalue weighted by atomic mass is 79.9. The van der Waals surface area contributed by atoms with Crippen molar-refractivity contribution in [2.24, 2.45) is 0 Å². The van der Waals surface area contributed by atoms with Crippen LogP contribution in [0.3, 0.4) is 0 Å². The van der Waals surface area contributed by atoms with Gasteiger partial charge in [0.05, 0.1) is 40.0 Å². The Morgan fingerprint density at radius 2 is 2.04 bits per heavy atom. The first kappa shape index (κ1) is 18.0. The molecular weight excluding hydrogens is 411 g/mol. The third-order valence-corrected chi connectivity index (χ3v) is 5.14. The third kappa shape index (κ3) is 3.60. The fourth-order valence-electron chi connectivity index (χ4n) is 2.92. The summed E-state index contributed by atoms with van der Waals surface area (Å²) in [4.78, 5) is 13.9. The third-order valence-electron chi connectivity index (χ3n) is 4.06. The fourth-order valence-corrected chi connectivity index (χ4v) is 3.91. The van der Waals surface area contributed by atoms with Crippen LogP contribution in [0.15, 0.2) is 53.5 Å². The second-order valence-electron chi connectivity index (χ2n) is 5.62. The van der Waals surface area contributed by atoms with Crippen LogP contribution in [0.5, 0.6) is 0 Å². The molecule has 0 saturated heterocycles. The summed E-state index contributed by atoms with van der Waals surface area (Å²) < 4.78 is 20.2. The second kappa shape index (κ2) is 7.62. The summed E-state index contributed by atoms with van der Waals surface area (Å²) >= 11 is 9.58. The van der Waals surface area contributed by atoms with Crippen molar-refractivity contribution in [3.63, 3.8) is 0 Å². The van der Waals surface area contributed by atoms with Crippen molar-refractivity contribution in [2.45, 2.75) is 6.92 Å². The number of carbonyl (C=O) groups is 1. The Kier molecular flexibility index (Phi) is 5.49. The van der Waals surface area contributed by atoms with Gasteiger partial charge in [-0.25, -0.2) is 4.39 Å². The quantitative estimate of drug-likeness (QED) is 0.403. The Hall–Kier alpha value is -1.79. The van der Waals surface area contributed by atoms with Gasteiger partial charge in [-0.15, -0.1) is 11.6 Å². The molecule has 0 atom stereocenters. The van der Waals surface area contributed by atoms with Gasteiger partial charge in [0.2, 0.25) is 0 Å². The molecule has 4 nitrogen and oxygen atoms in total. The first-order chi connectivity index (χ1) is 12.0. The number of esters is 1. The van der Waals surface area contributed by atoms with E-state index in [0.717, 1.165) is 28.2 Å². The van der Waals surface area contributed by atoms with Gasteiger partial charge >= 0.3 is 5.97 Å². The van der Waals surface area contributed by atoms with Gasteiger partial charge in [-0.3, -0.25) is 8.72 Å². The van der Waals surface area contributed by atoms with Gasteiger partial charge in [0, 0.05) is 17.8 Å². The van der Waals surface area contributed by atoms with E-state index in [-0.39, 0.29) is 18.3 Å². The maximum atomic E-state index is 13.3. The van der Waals surface area contributed by atoms with Gasteiger partial charge < -0.3 is 9.64 Å². The molecule has 0 fully saturated rings. The molecule has 0 unspecified atom stereocenters. The van der Waals surface area contributed by atoms with Crippen LogP contribution in [0.25, 0.3) is 5.57 Å². The molecule has 132 valence electrons. The van der Waals surface area contributed by atoms with Crippen LogP contribution >= 0.6 is 27.7 Å². The standard InChI is InChI=1S/C18H17BrClFN2O2/c1-2-25-17(24)11-22-10-15(12-3-5-13(21)6-4-12)18-16(22)8-7-14(9-20)23(18)19/h3-8H,2,9-11H2,1H3. The number of alkyl halides is 1. The van der Waals surface area contributed by atoms with Gasteiger partial charge in [-0.05, 0) is 36.8 Å². The van der Waals surface area contributed by atoms with Gasteiger partial charge in [-0.2, -0.15) is 0 Å². The lowest BCUT2D eigenvalue weighted by Gasteiger charge is -2.28. The molecule has 2 heterocycles. The van der Waals surface area contributed by atoms with E-state index in [2.05, 4.69) is 16.1 Å². The van der Waals surface area contributed by atoms with E-state index in [1.165, 1.54) is 12.1 Å². The zero-order valence-electron chi connectivity index (χ0n) is 13.6. The summed E-state index contributed by atoms with van der Waals surface area (Å²) in [5.74, 6) is -0.226. The topological polar surface area (TPSA) is 32.8 Å². The van der Waals surface area contributed by atoms with Crippen molar-refractivity contribution in [1.82, 2.24) is 8.83 Å². The summed E-state index contributed by atoms with van der Waals surface area (Å²) in [6.45, 7) is 2.80. The van der Waals surface area contributed by atoms with Crippen LogP contribution in [0, 0.1) is 5.82 Å². The van der Waals surface area contributed by atoms with E-state index < -0.39 is 0 Å². The van der Waals surface area contributed by atoms with Crippen LogP contribution in [0.2, 0.25) is 0 Å². The predicted octanol–water partition coefficient (Wildman–Crippen LogP) is 4.05. The Morgan fingerprint density at radius 3 is 2.68 bits per heavy atom. The number of fused-ring (bicyclic) bond motifs is 1. The number of ether oxygens (including phenoxy) is 1. The number of nitrogens with zero attached hydrogens (tertiary/aromatic N) is 2. The summed E-state index contributed by atoms with van der Waals surface area (Å²) in [7, 11) is 0. The largest absolute Gasteiger partial charge is 0.465 e. The molecule has 0 aromatic heterocycles. The smallest absolute Gasteiger partial charge is 0.325 e. The highest BCUT2D eigenvalue weighted by Crippen LogP contribution is 2.42. The molecule has 0 N–H and O–H groups in total. The van der Waals surface area contributed by atoms with Crippen molar-refractivity contribution in [3.8, 4) is 0 Å². The maximum absolute atomic E-state index is 13.3. The molecule has 25 heavy (non-hydrogen) atoms. The van der Waals surface area contributed by atoms with Gasteiger partial charge in [-0.1, -0.05) is 12.1 Å². The molecule has 2 aliphatic rings. The molecule has 1 aromatic rings. The average Bonchev–Trinajstić information content (AvgIpc) is 2.95. The van der Waals surface area contributed by atoms with Crippen molar-refractivity contribution < 1.29 is 13.9 Å². The molecule has 3 rings (SSSR count). The lowest BCUT2D eigenvalue weighted by Crippen LogP contribution is -2.30. The molecule has 2 aliphatic heterocycles. The van der Waals surface area contributed by atoms with Crippen molar-refractivity contribution in [1.29, 1.82) is 0 Å². The lowest BCUT2D eigenvalue weighted by molar-refractivity contribution is -0.143. The molecule has 0 aliphatic carbocycles. The first-order valence-electron chi connectivity index (χ1n) is 7.88. The van der Waals surface area contributed by atoms with Crippen LogP contribution < -0.4 is 0 Å². The normalized spacial score (nSPS) is 16.6. The van der Waals surface area contributed by atoms with Gasteiger partial charge in [0.1, 0.15) is 12.4 Å². The molecule has 0 spiro atoms. The number of hydrogen-bond donors (Lipinski definition) is 0. The monoisotopic (exact) mass is 426 g/mol. The Balaban J connectivity index is 1.99. The molecule has 7 heteroatoms. The summed E-state index contributed by atoms with van der Waals surface area (Å²) in [5, 5.41) is 0. The highest BCUT2D eigenvalue weighted by molar-refractivity contribution is 9.07. The Labute approximate surface area is 159 Å². The minimum absolute atomic E-state index is 0.152. The van der Waals surface area contributed by atoms with Gasteiger partial charge in [0.15, 0.2) is 0 Å².